The van der Waals surface area contributed by atoms with Crippen LogP contribution >= 0.6 is 11.8 Å². The molecule has 1 aliphatic carbocycles. The van der Waals surface area contributed by atoms with E-state index in [2.05, 4.69) is 43.3 Å². The summed E-state index contributed by atoms with van der Waals surface area (Å²) in [5, 5.41) is 7.31. The summed E-state index contributed by atoms with van der Waals surface area (Å²) in [6.45, 7) is 9.87. The molecule has 7 nitrogen and oxygen atoms in total. The molecule has 2 aromatic rings. The van der Waals surface area contributed by atoms with Crippen LogP contribution < -0.4 is 15.5 Å². The molecule has 0 amide bonds. The van der Waals surface area contributed by atoms with E-state index in [0.717, 1.165) is 60.4 Å². The van der Waals surface area contributed by atoms with Crippen molar-refractivity contribution in [1.82, 2.24) is 20.3 Å². The lowest BCUT2D eigenvalue weighted by Gasteiger charge is -2.22. The smallest absolute Gasteiger partial charge is 0.228 e. The van der Waals surface area contributed by atoms with Gasteiger partial charge >= 0.3 is 0 Å². The van der Waals surface area contributed by atoms with Crippen molar-refractivity contribution in [1.29, 1.82) is 0 Å². The molecule has 0 radical (unpaired) electrons. The Labute approximate surface area is 188 Å². The average Bonchev–Trinajstić information content (AvgIpc) is 3.17. The first-order chi connectivity index (χ1) is 15.2. The monoisotopic (exact) mass is 437 g/mol. The lowest BCUT2D eigenvalue weighted by molar-refractivity contribution is 0.724. The predicted octanol–water partition coefficient (Wildman–Crippen LogP) is 4.48. The molecule has 2 fully saturated rings. The van der Waals surface area contributed by atoms with Gasteiger partial charge in [0.1, 0.15) is 5.82 Å². The van der Waals surface area contributed by atoms with Crippen LogP contribution in [0.15, 0.2) is 41.3 Å². The second kappa shape index (κ2) is 10.7. The van der Waals surface area contributed by atoms with E-state index in [1.54, 1.807) is 6.20 Å². The van der Waals surface area contributed by atoms with Gasteiger partial charge in [-0.15, -0.1) is 11.8 Å². The SMILES string of the molecule is C=N/C(C)=C(\SC1CCCC1)c1ccnc(Nc2ccc(N3CCCNCC3)cn2)n1. The van der Waals surface area contributed by atoms with Crippen LogP contribution in [0.1, 0.15) is 44.7 Å². The van der Waals surface area contributed by atoms with Crippen LogP contribution in [0.3, 0.4) is 0 Å². The van der Waals surface area contributed by atoms with Gasteiger partial charge < -0.3 is 15.5 Å². The Bertz CT molecular complexity index is 898. The van der Waals surface area contributed by atoms with E-state index in [1.807, 2.05) is 37.0 Å². The summed E-state index contributed by atoms with van der Waals surface area (Å²) in [6.07, 6.45) is 9.96. The van der Waals surface area contributed by atoms with Crippen molar-refractivity contribution in [3.8, 4) is 0 Å². The van der Waals surface area contributed by atoms with Gasteiger partial charge in [0.05, 0.1) is 28.2 Å². The van der Waals surface area contributed by atoms with Gasteiger partial charge in [0.15, 0.2) is 0 Å². The molecule has 1 aliphatic heterocycles. The second-order valence-corrected chi connectivity index (χ2v) is 9.29. The second-order valence-electron chi connectivity index (χ2n) is 7.98. The largest absolute Gasteiger partial charge is 0.369 e. The fourth-order valence-corrected chi connectivity index (χ4v) is 5.36. The first kappa shape index (κ1) is 21.8. The van der Waals surface area contributed by atoms with E-state index in [4.69, 9.17) is 4.98 Å². The minimum Gasteiger partial charge on any atom is -0.369 e. The van der Waals surface area contributed by atoms with Crippen LogP contribution in [-0.2, 0) is 0 Å². The van der Waals surface area contributed by atoms with Crippen molar-refractivity contribution in [2.75, 3.05) is 36.4 Å². The molecule has 1 saturated heterocycles. The lowest BCUT2D eigenvalue weighted by atomic mass is 10.3. The Morgan fingerprint density at radius 2 is 2.03 bits per heavy atom. The third-order valence-corrected chi connectivity index (χ3v) is 7.28. The number of hydrogen-bond donors (Lipinski definition) is 2. The van der Waals surface area contributed by atoms with Crippen LogP contribution in [0.2, 0.25) is 0 Å². The number of thioether (sulfide) groups is 1. The average molecular weight is 438 g/mol. The maximum Gasteiger partial charge on any atom is 0.228 e. The Balaban J connectivity index is 1.48. The van der Waals surface area contributed by atoms with Crippen LogP contribution in [0.25, 0.3) is 4.91 Å². The van der Waals surface area contributed by atoms with Crippen molar-refractivity contribution in [3.05, 3.63) is 42.0 Å². The van der Waals surface area contributed by atoms with Crippen molar-refractivity contribution < 1.29 is 0 Å². The number of allylic oxidation sites excluding steroid dienone is 1. The van der Waals surface area contributed by atoms with E-state index in [1.165, 1.54) is 25.7 Å². The van der Waals surface area contributed by atoms with E-state index in [-0.39, 0.29) is 0 Å². The number of nitrogens with zero attached hydrogens (tertiary/aromatic N) is 5. The molecule has 164 valence electrons. The zero-order chi connectivity index (χ0) is 21.5. The van der Waals surface area contributed by atoms with Crippen molar-refractivity contribution in [2.45, 2.75) is 44.3 Å². The molecular formula is C23H31N7S. The molecule has 8 heteroatoms. The minimum absolute atomic E-state index is 0.540. The Morgan fingerprint density at radius 3 is 2.81 bits per heavy atom. The van der Waals surface area contributed by atoms with Gasteiger partial charge in [-0.1, -0.05) is 12.8 Å². The highest BCUT2D eigenvalue weighted by molar-refractivity contribution is 8.08. The summed E-state index contributed by atoms with van der Waals surface area (Å²) >= 11 is 1.87. The highest BCUT2D eigenvalue weighted by Gasteiger charge is 2.20. The van der Waals surface area contributed by atoms with E-state index in [0.29, 0.717) is 11.2 Å². The Morgan fingerprint density at radius 1 is 1.16 bits per heavy atom. The third-order valence-electron chi connectivity index (χ3n) is 5.73. The fourth-order valence-electron chi connectivity index (χ4n) is 3.99. The van der Waals surface area contributed by atoms with Crippen LogP contribution in [0.5, 0.6) is 0 Å². The number of hydrogen-bond acceptors (Lipinski definition) is 8. The molecular weight excluding hydrogens is 406 g/mol. The molecule has 1 saturated carbocycles. The zero-order valence-electron chi connectivity index (χ0n) is 18.2. The van der Waals surface area contributed by atoms with Gasteiger partial charge in [-0.3, -0.25) is 4.99 Å². The highest BCUT2D eigenvalue weighted by atomic mass is 32.2. The van der Waals surface area contributed by atoms with Gasteiger partial charge in [-0.25, -0.2) is 15.0 Å². The van der Waals surface area contributed by atoms with Crippen LogP contribution in [0.4, 0.5) is 17.5 Å². The molecule has 2 aromatic heterocycles. The topological polar surface area (TPSA) is 78.3 Å². The number of aliphatic imine (C=N–C) groups is 1. The molecule has 2 N–H and O–H groups in total. The van der Waals surface area contributed by atoms with Crippen LogP contribution in [-0.4, -0.2) is 53.1 Å². The van der Waals surface area contributed by atoms with E-state index < -0.39 is 0 Å². The highest BCUT2D eigenvalue weighted by Crippen LogP contribution is 2.40. The van der Waals surface area contributed by atoms with Crippen LogP contribution in [0, 0.1) is 0 Å². The minimum atomic E-state index is 0.540. The Hall–Kier alpha value is -2.45. The first-order valence-corrected chi connectivity index (χ1v) is 12.0. The maximum absolute atomic E-state index is 4.76. The number of aromatic nitrogens is 3. The fraction of sp³-hybridized carbons (Fsp3) is 0.478. The lowest BCUT2D eigenvalue weighted by Crippen LogP contribution is -2.27. The summed E-state index contributed by atoms with van der Waals surface area (Å²) in [5.74, 6) is 1.28. The molecule has 0 bridgehead atoms. The Kier molecular flexibility index (Phi) is 7.53. The summed E-state index contributed by atoms with van der Waals surface area (Å²) in [5.41, 5.74) is 2.94. The molecule has 4 rings (SSSR count). The summed E-state index contributed by atoms with van der Waals surface area (Å²) in [7, 11) is 0. The molecule has 0 unspecified atom stereocenters. The van der Waals surface area contributed by atoms with Gasteiger partial charge in [-0.2, -0.15) is 0 Å². The summed E-state index contributed by atoms with van der Waals surface area (Å²) in [6, 6.07) is 6.04. The first-order valence-electron chi connectivity index (χ1n) is 11.1. The van der Waals surface area contributed by atoms with Gasteiger partial charge in [0, 0.05) is 31.1 Å². The molecule has 0 aromatic carbocycles. The van der Waals surface area contributed by atoms with Gasteiger partial charge in [0.25, 0.3) is 0 Å². The number of anilines is 3. The van der Waals surface area contributed by atoms with Crippen molar-refractivity contribution in [2.24, 2.45) is 4.99 Å². The van der Waals surface area contributed by atoms with E-state index >= 15 is 0 Å². The molecule has 0 spiro atoms. The van der Waals surface area contributed by atoms with E-state index in [9.17, 15) is 0 Å². The third kappa shape index (κ3) is 5.83. The van der Waals surface area contributed by atoms with Gasteiger partial charge in [0.2, 0.25) is 5.95 Å². The molecule has 0 atom stereocenters. The molecule has 2 aliphatic rings. The summed E-state index contributed by atoms with van der Waals surface area (Å²) < 4.78 is 0. The quantitative estimate of drug-likeness (QED) is 0.618. The van der Waals surface area contributed by atoms with Crippen molar-refractivity contribution in [3.63, 3.8) is 0 Å². The number of nitrogens with one attached hydrogen (secondary N) is 2. The zero-order valence-corrected chi connectivity index (χ0v) is 19.0. The summed E-state index contributed by atoms with van der Waals surface area (Å²) in [4.78, 5) is 21.4. The number of rotatable bonds is 7. The van der Waals surface area contributed by atoms with Gasteiger partial charge in [-0.05, 0) is 57.6 Å². The maximum atomic E-state index is 4.76. The normalized spacial score (nSPS) is 18.4. The molecule has 3 heterocycles. The number of pyridine rings is 1. The predicted molar refractivity (Wildman–Crippen MR) is 131 cm³/mol. The standard InChI is InChI=1S/C23H31N7S/c1-17(24-2)22(31-19-6-3-4-7-19)20-10-12-26-23(28-20)29-21-9-8-18(16-27-21)30-14-5-11-25-13-15-30/h8-10,12,16,19,25H,2-7,11,13-15H2,1H3,(H,26,27,28,29)/b22-17-. The van der Waals surface area contributed by atoms with Crippen molar-refractivity contribution >= 4 is 40.8 Å². The molecule has 31 heavy (non-hydrogen) atoms.